The van der Waals surface area contributed by atoms with Gasteiger partial charge in [-0.05, 0) is 12.1 Å². The van der Waals surface area contributed by atoms with Crippen LogP contribution in [0.25, 0.3) is 5.65 Å². The first-order valence-corrected chi connectivity index (χ1v) is 6.10. The lowest BCUT2D eigenvalue weighted by Gasteiger charge is -2.17. The van der Waals surface area contributed by atoms with E-state index < -0.39 is 0 Å². The standard InChI is InChI=1S/C12H16BrN3/c1-12(2,3)11-9(7-14)16-5-4-8(13)6-10(16)15-11/h4-6H,7,14H2,1-3H3. The van der Waals surface area contributed by atoms with E-state index in [-0.39, 0.29) is 5.41 Å². The molecule has 0 aliphatic rings. The molecule has 0 aliphatic heterocycles. The van der Waals surface area contributed by atoms with Crippen molar-refractivity contribution in [2.45, 2.75) is 32.7 Å². The van der Waals surface area contributed by atoms with Gasteiger partial charge < -0.3 is 10.1 Å². The maximum atomic E-state index is 5.82. The van der Waals surface area contributed by atoms with Crippen LogP contribution in [-0.2, 0) is 12.0 Å². The predicted molar refractivity (Wildman–Crippen MR) is 69.5 cm³/mol. The zero-order valence-electron chi connectivity index (χ0n) is 9.79. The van der Waals surface area contributed by atoms with Crippen LogP contribution in [0, 0.1) is 0 Å². The Hall–Kier alpha value is -0.870. The molecule has 4 heteroatoms. The molecular weight excluding hydrogens is 266 g/mol. The molecule has 2 aromatic heterocycles. The molecule has 2 heterocycles. The normalized spacial score (nSPS) is 12.3. The zero-order valence-corrected chi connectivity index (χ0v) is 11.4. The third-order valence-electron chi connectivity index (χ3n) is 2.59. The molecule has 0 bridgehead atoms. The van der Waals surface area contributed by atoms with Crippen molar-refractivity contribution < 1.29 is 0 Å². The minimum Gasteiger partial charge on any atom is -0.325 e. The van der Waals surface area contributed by atoms with Gasteiger partial charge in [-0.15, -0.1) is 0 Å². The average Bonchev–Trinajstić information content (AvgIpc) is 2.54. The minimum absolute atomic E-state index is 0.0210. The number of nitrogens with zero attached hydrogens (tertiary/aromatic N) is 2. The molecule has 3 nitrogen and oxygen atoms in total. The van der Waals surface area contributed by atoms with Gasteiger partial charge in [0.25, 0.3) is 0 Å². The van der Waals surface area contributed by atoms with Crippen LogP contribution in [0.3, 0.4) is 0 Å². The summed E-state index contributed by atoms with van der Waals surface area (Å²) in [5.41, 5.74) is 8.96. The molecule has 0 amide bonds. The van der Waals surface area contributed by atoms with Crippen LogP contribution in [0.4, 0.5) is 0 Å². The molecule has 0 saturated heterocycles. The van der Waals surface area contributed by atoms with Gasteiger partial charge in [-0.25, -0.2) is 4.98 Å². The van der Waals surface area contributed by atoms with Gasteiger partial charge in [-0.2, -0.15) is 0 Å². The first-order chi connectivity index (χ1) is 7.43. The van der Waals surface area contributed by atoms with Crippen LogP contribution >= 0.6 is 15.9 Å². The summed E-state index contributed by atoms with van der Waals surface area (Å²) in [5, 5.41) is 0. The molecule has 2 N–H and O–H groups in total. The molecule has 0 spiro atoms. The van der Waals surface area contributed by atoms with E-state index in [1.54, 1.807) is 0 Å². The van der Waals surface area contributed by atoms with E-state index in [4.69, 9.17) is 5.73 Å². The van der Waals surface area contributed by atoms with E-state index in [9.17, 15) is 0 Å². The molecule has 0 radical (unpaired) electrons. The lowest BCUT2D eigenvalue weighted by atomic mass is 9.91. The number of hydrogen-bond donors (Lipinski definition) is 1. The maximum absolute atomic E-state index is 5.82. The number of pyridine rings is 1. The molecular formula is C12H16BrN3. The molecule has 86 valence electrons. The van der Waals surface area contributed by atoms with Crippen molar-refractivity contribution in [3.8, 4) is 0 Å². The molecule has 16 heavy (non-hydrogen) atoms. The summed E-state index contributed by atoms with van der Waals surface area (Å²) in [6.07, 6.45) is 2.00. The summed E-state index contributed by atoms with van der Waals surface area (Å²) in [4.78, 5) is 4.67. The smallest absolute Gasteiger partial charge is 0.138 e. The van der Waals surface area contributed by atoms with Crippen molar-refractivity contribution in [1.82, 2.24) is 9.38 Å². The predicted octanol–water partition coefficient (Wildman–Crippen LogP) is 2.85. The molecule has 0 aliphatic carbocycles. The van der Waals surface area contributed by atoms with Crippen LogP contribution in [0.5, 0.6) is 0 Å². The summed E-state index contributed by atoms with van der Waals surface area (Å²) in [5.74, 6) is 0. The summed E-state index contributed by atoms with van der Waals surface area (Å²) in [6, 6.07) is 4.01. The van der Waals surface area contributed by atoms with Gasteiger partial charge in [-0.1, -0.05) is 36.7 Å². The van der Waals surface area contributed by atoms with Gasteiger partial charge in [0.1, 0.15) is 5.65 Å². The van der Waals surface area contributed by atoms with E-state index in [0.717, 1.165) is 21.5 Å². The van der Waals surface area contributed by atoms with Crippen LogP contribution in [-0.4, -0.2) is 9.38 Å². The SMILES string of the molecule is CC(C)(C)c1nc2cc(Br)ccn2c1CN. The summed E-state index contributed by atoms with van der Waals surface area (Å²) >= 11 is 3.45. The third kappa shape index (κ3) is 1.87. The highest BCUT2D eigenvalue weighted by Gasteiger charge is 2.22. The fraction of sp³-hybridized carbons (Fsp3) is 0.417. The van der Waals surface area contributed by atoms with Gasteiger partial charge in [0, 0.05) is 22.6 Å². The van der Waals surface area contributed by atoms with E-state index in [0.29, 0.717) is 6.54 Å². The Morgan fingerprint density at radius 3 is 2.69 bits per heavy atom. The number of imidazole rings is 1. The largest absolute Gasteiger partial charge is 0.325 e. The van der Waals surface area contributed by atoms with Gasteiger partial charge >= 0.3 is 0 Å². The lowest BCUT2D eigenvalue weighted by molar-refractivity contribution is 0.564. The highest BCUT2D eigenvalue weighted by Crippen LogP contribution is 2.26. The first-order valence-electron chi connectivity index (χ1n) is 5.30. The van der Waals surface area contributed by atoms with E-state index in [1.807, 2.05) is 18.3 Å². The molecule has 2 aromatic rings. The number of rotatable bonds is 1. The van der Waals surface area contributed by atoms with Crippen LogP contribution in [0.1, 0.15) is 32.2 Å². The van der Waals surface area contributed by atoms with Crippen molar-refractivity contribution in [3.63, 3.8) is 0 Å². The second kappa shape index (κ2) is 3.86. The van der Waals surface area contributed by atoms with E-state index in [2.05, 4.69) is 46.1 Å². The molecule has 0 fully saturated rings. The van der Waals surface area contributed by atoms with Crippen molar-refractivity contribution in [1.29, 1.82) is 0 Å². The molecule has 0 aromatic carbocycles. The van der Waals surface area contributed by atoms with Crippen LogP contribution in [0.15, 0.2) is 22.8 Å². The van der Waals surface area contributed by atoms with Gasteiger partial charge in [0.15, 0.2) is 0 Å². The molecule has 2 rings (SSSR count). The van der Waals surface area contributed by atoms with Gasteiger partial charge in [0.2, 0.25) is 0 Å². The average molecular weight is 282 g/mol. The Morgan fingerprint density at radius 1 is 1.44 bits per heavy atom. The second-order valence-corrected chi connectivity index (χ2v) is 5.85. The second-order valence-electron chi connectivity index (χ2n) is 4.93. The Bertz CT molecular complexity index is 523. The molecule has 0 atom stereocenters. The summed E-state index contributed by atoms with van der Waals surface area (Å²) < 4.78 is 3.10. The Balaban J connectivity index is 2.76. The highest BCUT2D eigenvalue weighted by atomic mass is 79.9. The van der Waals surface area contributed by atoms with Crippen LogP contribution in [0.2, 0.25) is 0 Å². The summed E-state index contributed by atoms with van der Waals surface area (Å²) in [7, 11) is 0. The number of fused-ring (bicyclic) bond motifs is 1. The molecule has 0 saturated carbocycles. The van der Waals surface area contributed by atoms with E-state index >= 15 is 0 Å². The zero-order chi connectivity index (χ0) is 11.9. The maximum Gasteiger partial charge on any atom is 0.138 e. The topological polar surface area (TPSA) is 43.3 Å². The Kier molecular flexibility index (Phi) is 2.80. The van der Waals surface area contributed by atoms with Gasteiger partial charge in [0.05, 0.1) is 11.4 Å². The third-order valence-corrected chi connectivity index (χ3v) is 3.08. The lowest BCUT2D eigenvalue weighted by Crippen LogP contribution is -2.16. The number of aromatic nitrogens is 2. The van der Waals surface area contributed by atoms with Crippen molar-refractivity contribution in [3.05, 3.63) is 34.2 Å². The quantitative estimate of drug-likeness (QED) is 0.874. The highest BCUT2D eigenvalue weighted by molar-refractivity contribution is 9.10. The van der Waals surface area contributed by atoms with Crippen molar-refractivity contribution in [2.75, 3.05) is 0 Å². The first kappa shape index (κ1) is 11.6. The minimum atomic E-state index is 0.0210. The number of nitrogens with two attached hydrogens (primary N) is 1. The Labute approximate surface area is 104 Å². The van der Waals surface area contributed by atoms with E-state index in [1.165, 1.54) is 0 Å². The summed E-state index contributed by atoms with van der Waals surface area (Å²) in [6.45, 7) is 6.98. The number of halogens is 1. The van der Waals surface area contributed by atoms with Crippen molar-refractivity contribution in [2.24, 2.45) is 5.73 Å². The van der Waals surface area contributed by atoms with Crippen LogP contribution < -0.4 is 5.73 Å². The fourth-order valence-electron chi connectivity index (χ4n) is 1.87. The van der Waals surface area contributed by atoms with Gasteiger partial charge in [-0.3, -0.25) is 0 Å². The fourth-order valence-corrected chi connectivity index (χ4v) is 2.19. The number of hydrogen-bond acceptors (Lipinski definition) is 2. The monoisotopic (exact) mass is 281 g/mol. The Morgan fingerprint density at radius 2 is 2.12 bits per heavy atom. The molecule has 0 unspecified atom stereocenters. The van der Waals surface area contributed by atoms with Crippen molar-refractivity contribution >= 4 is 21.6 Å².